The van der Waals surface area contributed by atoms with Crippen molar-refractivity contribution in [2.75, 3.05) is 18.5 Å². The predicted molar refractivity (Wildman–Crippen MR) is 72.7 cm³/mol. The highest BCUT2D eigenvalue weighted by molar-refractivity contribution is 5.44. The summed E-state index contributed by atoms with van der Waals surface area (Å²) in [5.74, 6) is -3.48. The monoisotopic (exact) mass is 297 g/mol. The number of aliphatic hydroxyl groups is 1. The average Bonchev–Trinajstić information content (AvgIpc) is 2.49. The van der Waals surface area contributed by atoms with Crippen LogP contribution < -0.4 is 10.1 Å². The number of aliphatic hydroxyl groups excluding tert-OH is 1. The van der Waals surface area contributed by atoms with Gasteiger partial charge in [-0.05, 0) is 12.1 Å². The van der Waals surface area contributed by atoms with Gasteiger partial charge in [0.25, 0.3) is 0 Å². The standard InChI is InChI=1S/C15H14F3NO2/c16-13-6-10(7-14(17)15(13)18)19-8-11(20)9-21-12-4-2-1-3-5-12/h1-7,11,19-20H,8-9H2. The molecule has 2 N–H and O–H groups in total. The Kier molecular flexibility index (Phi) is 5.05. The van der Waals surface area contributed by atoms with Gasteiger partial charge in [-0.25, -0.2) is 13.2 Å². The van der Waals surface area contributed by atoms with E-state index < -0.39 is 23.6 Å². The van der Waals surface area contributed by atoms with Crippen molar-refractivity contribution in [3.05, 3.63) is 59.9 Å². The lowest BCUT2D eigenvalue weighted by Gasteiger charge is -2.14. The molecule has 0 spiro atoms. The highest BCUT2D eigenvalue weighted by Crippen LogP contribution is 2.17. The van der Waals surface area contributed by atoms with Gasteiger partial charge < -0.3 is 15.2 Å². The molecule has 1 atom stereocenters. The number of hydrogen-bond donors (Lipinski definition) is 2. The van der Waals surface area contributed by atoms with Gasteiger partial charge in [0, 0.05) is 24.4 Å². The van der Waals surface area contributed by atoms with E-state index >= 15 is 0 Å². The number of anilines is 1. The van der Waals surface area contributed by atoms with Gasteiger partial charge in [-0.15, -0.1) is 0 Å². The zero-order valence-electron chi connectivity index (χ0n) is 11.0. The van der Waals surface area contributed by atoms with Gasteiger partial charge in [0.15, 0.2) is 17.5 Å². The van der Waals surface area contributed by atoms with Crippen LogP contribution in [-0.4, -0.2) is 24.4 Å². The summed E-state index contributed by atoms with van der Waals surface area (Å²) in [7, 11) is 0. The largest absolute Gasteiger partial charge is 0.491 e. The normalized spacial score (nSPS) is 12.0. The first-order valence-electron chi connectivity index (χ1n) is 6.30. The predicted octanol–water partition coefficient (Wildman–Crippen LogP) is 2.96. The summed E-state index contributed by atoms with van der Waals surface area (Å²) < 4.78 is 44.1. The Hall–Kier alpha value is -2.21. The maximum absolute atomic E-state index is 13.0. The lowest BCUT2D eigenvalue weighted by atomic mass is 10.2. The quantitative estimate of drug-likeness (QED) is 0.806. The Morgan fingerprint density at radius 1 is 1.05 bits per heavy atom. The molecule has 0 amide bonds. The summed E-state index contributed by atoms with van der Waals surface area (Å²) in [6, 6.07) is 10.6. The molecule has 0 aliphatic rings. The molecule has 2 aromatic carbocycles. The highest BCUT2D eigenvalue weighted by atomic mass is 19.2. The van der Waals surface area contributed by atoms with Crippen LogP contribution in [0.3, 0.4) is 0 Å². The molecule has 0 saturated heterocycles. The van der Waals surface area contributed by atoms with Crippen molar-refractivity contribution in [1.82, 2.24) is 0 Å². The molecule has 112 valence electrons. The van der Waals surface area contributed by atoms with Crippen LogP contribution in [0.15, 0.2) is 42.5 Å². The molecule has 0 bridgehead atoms. The Labute approximate surface area is 120 Å². The molecule has 21 heavy (non-hydrogen) atoms. The van der Waals surface area contributed by atoms with Crippen molar-refractivity contribution >= 4 is 5.69 Å². The minimum absolute atomic E-state index is 0.0113. The first-order valence-corrected chi connectivity index (χ1v) is 6.30. The van der Waals surface area contributed by atoms with Gasteiger partial charge in [0.1, 0.15) is 18.5 Å². The van der Waals surface area contributed by atoms with Crippen LogP contribution in [-0.2, 0) is 0 Å². The molecule has 2 rings (SSSR count). The zero-order valence-corrected chi connectivity index (χ0v) is 11.0. The summed E-state index contributed by atoms with van der Waals surface area (Å²) >= 11 is 0. The van der Waals surface area contributed by atoms with Gasteiger partial charge in [-0.3, -0.25) is 0 Å². The Morgan fingerprint density at radius 3 is 2.29 bits per heavy atom. The van der Waals surface area contributed by atoms with Crippen LogP contribution in [0.25, 0.3) is 0 Å². The average molecular weight is 297 g/mol. The molecule has 0 aliphatic heterocycles. The smallest absolute Gasteiger partial charge is 0.194 e. The number of para-hydroxylation sites is 1. The molecule has 0 saturated carbocycles. The summed E-state index contributed by atoms with van der Waals surface area (Å²) in [5.41, 5.74) is 0.0464. The van der Waals surface area contributed by atoms with Crippen molar-refractivity contribution in [2.24, 2.45) is 0 Å². The Morgan fingerprint density at radius 2 is 1.67 bits per heavy atom. The summed E-state index contributed by atoms with van der Waals surface area (Å²) in [4.78, 5) is 0. The van der Waals surface area contributed by atoms with Gasteiger partial charge in [-0.1, -0.05) is 18.2 Å². The van der Waals surface area contributed by atoms with E-state index in [4.69, 9.17) is 4.74 Å². The lowest BCUT2D eigenvalue weighted by Crippen LogP contribution is -2.26. The minimum atomic E-state index is -1.52. The number of ether oxygens (including phenoxy) is 1. The number of rotatable bonds is 6. The maximum Gasteiger partial charge on any atom is 0.194 e. The van der Waals surface area contributed by atoms with E-state index in [1.807, 2.05) is 6.07 Å². The van der Waals surface area contributed by atoms with Crippen LogP contribution in [0.1, 0.15) is 0 Å². The van der Waals surface area contributed by atoms with Crippen molar-refractivity contribution in [1.29, 1.82) is 0 Å². The van der Waals surface area contributed by atoms with Crippen molar-refractivity contribution in [3.8, 4) is 5.75 Å². The van der Waals surface area contributed by atoms with Gasteiger partial charge in [0.05, 0.1) is 0 Å². The molecule has 1 unspecified atom stereocenters. The molecular formula is C15H14F3NO2. The Balaban J connectivity index is 1.82. The van der Waals surface area contributed by atoms with Crippen LogP contribution in [0.5, 0.6) is 5.75 Å². The lowest BCUT2D eigenvalue weighted by molar-refractivity contribution is 0.117. The molecule has 0 aromatic heterocycles. The summed E-state index contributed by atoms with van der Waals surface area (Å²) in [6.07, 6.45) is -0.888. The number of hydrogen-bond acceptors (Lipinski definition) is 3. The molecule has 6 heteroatoms. The van der Waals surface area contributed by atoms with E-state index in [2.05, 4.69) is 5.32 Å². The van der Waals surface area contributed by atoms with Crippen molar-refractivity contribution in [2.45, 2.75) is 6.10 Å². The van der Waals surface area contributed by atoms with Crippen LogP contribution in [0.4, 0.5) is 18.9 Å². The van der Waals surface area contributed by atoms with Crippen molar-refractivity contribution < 1.29 is 23.0 Å². The van der Waals surface area contributed by atoms with Gasteiger partial charge >= 0.3 is 0 Å². The second kappa shape index (κ2) is 6.99. The third kappa shape index (κ3) is 4.39. The molecular weight excluding hydrogens is 283 g/mol. The third-order valence-corrected chi connectivity index (χ3v) is 2.71. The van der Waals surface area contributed by atoms with E-state index in [0.29, 0.717) is 5.75 Å². The van der Waals surface area contributed by atoms with Crippen LogP contribution >= 0.6 is 0 Å². The van der Waals surface area contributed by atoms with Crippen LogP contribution in [0.2, 0.25) is 0 Å². The first kappa shape index (κ1) is 15.2. The topological polar surface area (TPSA) is 41.5 Å². The zero-order chi connectivity index (χ0) is 15.2. The molecule has 2 aromatic rings. The fourth-order valence-corrected chi connectivity index (χ4v) is 1.66. The van der Waals surface area contributed by atoms with E-state index in [0.717, 1.165) is 12.1 Å². The number of halogens is 3. The molecule has 0 fully saturated rings. The van der Waals surface area contributed by atoms with Gasteiger partial charge in [0.2, 0.25) is 0 Å². The van der Waals surface area contributed by atoms with E-state index in [-0.39, 0.29) is 18.8 Å². The highest BCUT2D eigenvalue weighted by Gasteiger charge is 2.11. The molecule has 0 heterocycles. The van der Waals surface area contributed by atoms with E-state index in [9.17, 15) is 18.3 Å². The molecule has 0 radical (unpaired) electrons. The van der Waals surface area contributed by atoms with Crippen LogP contribution in [0, 0.1) is 17.5 Å². The SMILES string of the molecule is OC(CNc1cc(F)c(F)c(F)c1)COc1ccccc1. The van der Waals surface area contributed by atoms with Crippen molar-refractivity contribution in [3.63, 3.8) is 0 Å². The fraction of sp³-hybridized carbons (Fsp3) is 0.200. The second-order valence-corrected chi connectivity index (χ2v) is 4.41. The Bertz CT molecular complexity index is 570. The molecule has 3 nitrogen and oxygen atoms in total. The third-order valence-electron chi connectivity index (χ3n) is 2.71. The fourth-order valence-electron chi connectivity index (χ4n) is 1.66. The molecule has 0 aliphatic carbocycles. The summed E-state index contributed by atoms with van der Waals surface area (Å²) in [6.45, 7) is 0.0283. The minimum Gasteiger partial charge on any atom is -0.491 e. The number of benzene rings is 2. The summed E-state index contributed by atoms with van der Waals surface area (Å²) in [5, 5.41) is 12.3. The van der Waals surface area contributed by atoms with Gasteiger partial charge in [-0.2, -0.15) is 0 Å². The maximum atomic E-state index is 13.0. The first-order chi connectivity index (χ1) is 10.1. The van der Waals surface area contributed by atoms with E-state index in [1.165, 1.54) is 0 Å². The second-order valence-electron chi connectivity index (χ2n) is 4.41. The number of nitrogens with one attached hydrogen (secondary N) is 1. The van der Waals surface area contributed by atoms with E-state index in [1.54, 1.807) is 24.3 Å².